The van der Waals surface area contributed by atoms with Crippen molar-refractivity contribution < 1.29 is 13.2 Å². The average molecular weight is 324 g/mol. The number of hydrogen-bond donors (Lipinski definition) is 0. The van der Waals surface area contributed by atoms with E-state index in [0.717, 1.165) is 0 Å². The summed E-state index contributed by atoms with van der Waals surface area (Å²) in [6, 6.07) is 1.72. The van der Waals surface area contributed by atoms with Crippen molar-refractivity contribution in [3.8, 4) is 0 Å². The third kappa shape index (κ3) is 2.55. The fourth-order valence-corrected chi connectivity index (χ4v) is 5.58. The van der Waals surface area contributed by atoms with Gasteiger partial charge in [-0.05, 0) is 12.5 Å². The zero-order valence-electron chi connectivity index (χ0n) is 12.7. The molecular formula is C14H20N4O3S. The second kappa shape index (κ2) is 5.49. The Bertz CT molecular complexity index is 662. The summed E-state index contributed by atoms with van der Waals surface area (Å²) in [6.07, 6.45) is 3.69. The molecule has 3 heterocycles. The van der Waals surface area contributed by atoms with E-state index in [1.54, 1.807) is 37.5 Å². The van der Waals surface area contributed by atoms with Crippen LogP contribution in [0, 0.1) is 11.8 Å². The second-order valence-electron chi connectivity index (χ2n) is 6.15. The van der Waals surface area contributed by atoms with Gasteiger partial charge < -0.3 is 9.80 Å². The number of anilines is 1. The van der Waals surface area contributed by atoms with Gasteiger partial charge in [-0.1, -0.05) is 0 Å². The SMILES string of the molecule is CN(C)C(=O)[C@H]1CCS(=O)(=O)[C@@H]2CN(c3ncccn3)C[C@H]12. The van der Waals surface area contributed by atoms with Gasteiger partial charge in [-0.2, -0.15) is 0 Å². The molecule has 2 aliphatic rings. The highest BCUT2D eigenvalue weighted by Gasteiger charge is 2.51. The fraction of sp³-hybridized carbons (Fsp3) is 0.643. The van der Waals surface area contributed by atoms with Crippen molar-refractivity contribution in [1.29, 1.82) is 0 Å². The molecule has 2 fully saturated rings. The number of nitrogens with zero attached hydrogens (tertiary/aromatic N) is 4. The van der Waals surface area contributed by atoms with Crippen molar-refractivity contribution in [1.82, 2.24) is 14.9 Å². The number of carbonyl (C=O) groups excluding carboxylic acids is 1. The number of fused-ring (bicyclic) bond motifs is 1. The molecule has 1 aromatic heterocycles. The summed E-state index contributed by atoms with van der Waals surface area (Å²) in [6.45, 7) is 0.881. The molecule has 2 saturated heterocycles. The molecule has 120 valence electrons. The highest BCUT2D eigenvalue weighted by Crippen LogP contribution is 2.38. The number of amides is 1. The van der Waals surface area contributed by atoms with Crippen LogP contribution in [0.2, 0.25) is 0 Å². The summed E-state index contributed by atoms with van der Waals surface area (Å²) in [4.78, 5) is 24.2. The topological polar surface area (TPSA) is 83.5 Å². The lowest BCUT2D eigenvalue weighted by Gasteiger charge is -2.33. The largest absolute Gasteiger partial charge is 0.349 e. The molecule has 0 N–H and O–H groups in total. The maximum Gasteiger partial charge on any atom is 0.225 e. The molecule has 0 unspecified atom stereocenters. The van der Waals surface area contributed by atoms with Crippen LogP contribution in [0.3, 0.4) is 0 Å². The smallest absolute Gasteiger partial charge is 0.225 e. The number of rotatable bonds is 2. The molecule has 3 atom stereocenters. The van der Waals surface area contributed by atoms with Gasteiger partial charge in [0.15, 0.2) is 9.84 Å². The van der Waals surface area contributed by atoms with Crippen LogP contribution in [0.15, 0.2) is 18.5 Å². The fourth-order valence-electron chi connectivity index (χ4n) is 3.48. The molecule has 3 rings (SSSR count). The Balaban J connectivity index is 1.90. The Kier molecular flexibility index (Phi) is 3.80. The van der Waals surface area contributed by atoms with Crippen molar-refractivity contribution >= 4 is 21.7 Å². The Morgan fingerprint density at radius 2 is 1.95 bits per heavy atom. The summed E-state index contributed by atoms with van der Waals surface area (Å²) >= 11 is 0. The quantitative estimate of drug-likeness (QED) is 0.749. The highest BCUT2D eigenvalue weighted by molar-refractivity contribution is 7.92. The minimum atomic E-state index is -3.16. The van der Waals surface area contributed by atoms with E-state index in [9.17, 15) is 13.2 Å². The molecule has 0 radical (unpaired) electrons. The summed E-state index contributed by atoms with van der Waals surface area (Å²) in [5.74, 6) is 0.209. The maximum atomic E-state index is 12.4. The molecule has 1 amide bonds. The van der Waals surface area contributed by atoms with Gasteiger partial charge >= 0.3 is 0 Å². The Hall–Kier alpha value is -1.70. The van der Waals surface area contributed by atoms with E-state index in [4.69, 9.17) is 0 Å². The number of aromatic nitrogens is 2. The van der Waals surface area contributed by atoms with Crippen LogP contribution in [0.1, 0.15) is 6.42 Å². The monoisotopic (exact) mass is 324 g/mol. The third-order valence-electron chi connectivity index (χ3n) is 4.59. The van der Waals surface area contributed by atoms with E-state index in [2.05, 4.69) is 9.97 Å². The van der Waals surface area contributed by atoms with Crippen LogP contribution in [0.4, 0.5) is 5.95 Å². The van der Waals surface area contributed by atoms with Crippen molar-refractivity contribution in [2.75, 3.05) is 37.8 Å². The van der Waals surface area contributed by atoms with Gasteiger partial charge in [0.05, 0.1) is 11.0 Å². The molecule has 1 aromatic rings. The van der Waals surface area contributed by atoms with E-state index < -0.39 is 15.1 Å². The molecule has 0 spiro atoms. The van der Waals surface area contributed by atoms with E-state index >= 15 is 0 Å². The summed E-state index contributed by atoms with van der Waals surface area (Å²) < 4.78 is 24.8. The molecule has 0 saturated carbocycles. The predicted molar refractivity (Wildman–Crippen MR) is 82.1 cm³/mol. The van der Waals surface area contributed by atoms with E-state index in [-0.39, 0.29) is 23.5 Å². The first kappa shape index (κ1) is 15.2. The first-order valence-electron chi connectivity index (χ1n) is 7.35. The van der Waals surface area contributed by atoms with Crippen LogP contribution in [-0.2, 0) is 14.6 Å². The van der Waals surface area contributed by atoms with Gasteiger partial charge in [-0.3, -0.25) is 4.79 Å². The van der Waals surface area contributed by atoms with E-state index in [0.29, 0.717) is 25.5 Å². The van der Waals surface area contributed by atoms with Crippen LogP contribution < -0.4 is 4.90 Å². The second-order valence-corrected chi connectivity index (χ2v) is 8.49. The molecule has 8 heteroatoms. The van der Waals surface area contributed by atoms with Crippen molar-refractivity contribution in [3.05, 3.63) is 18.5 Å². The summed E-state index contributed by atoms with van der Waals surface area (Å²) in [7, 11) is 0.270. The first-order valence-corrected chi connectivity index (χ1v) is 9.06. The summed E-state index contributed by atoms with van der Waals surface area (Å²) in [5, 5.41) is -0.501. The standard InChI is InChI=1S/C14H20N4O3S/c1-17(2)13(19)10-4-7-22(20,21)12-9-18(8-11(10)12)14-15-5-3-6-16-14/h3,5-6,10-12H,4,7-9H2,1-2H3/t10-,11+,12+/m0/s1. The molecule has 7 nitrogen and oxygen atoms in total. The van der Waals surface area contributed by atoms with Gasteiger partial charge in [0.2, 0.25) is 11.9 Å². The van der Waals surface area contributed by atoms with Gasteiger partial charge in [-0.25, -0.2) is 18.4 Å². The van der Waals surface area contributed by atoms with Crippen LogP contribution in [0.5, 0.6) is 0 Å². The third-order valence-corrected chi connectivity index (χ3v) is 6.82. The van der Waals surface area contributed by atoms with Gasteiger partial charge in [-0.15, -0.1) is 0 Å². The zero-order chi connectivity index (χ0) is 15.9. The number of hydrogen-bond acceptors (Lipinski definition) is 6. The molecule has 2 aliphatic heterocycles. The Labute approximate surface area is 130 Å². The predicted octanol–water partition coefficient (Wildman–Crippen LogP) is -0.196. The maximum absolute atomic E-state index is 12.4. The van der Waals surface area contributed by atoms with Crippen molar-refractivity contribution in [2.24, 2.45) is 11.8 Å². The first-order chi connectivity index (χ1) is 10.4. The minimum Gasteiger partial charge on any atom is -0.349 e. The lowest BCUT2D eigenvalue weighted by molar-refractivity contribution is -0.134. The Morgan fingerprint density at radius 3 is 2.59 bits per heavy atom. The average Bonchev–Trinajstić information content (AvgIpc) is 2.94. The van der Waals surface area contributed by atoms with E-state index in [1.165, 1.54) is 0 Å². The molecule has 0 aliphatic carbocycles. The molecule has 0 bridgehead atoms. The Morgan fingerprint density at radius 1 is 1.27 bits per heavy atom. The molecule has 22 heavy (non-hydrogen) atoms. The van der Waals surface area contributed by atoms with Crippen LogP contribution in [0.25, 0.3) is 0 Å². The number of carbonyl (C=O) groups is 1. The minimum absolute atomic E-state index is 0.0146. The zero-order valence-corrected chi connectivity index (χ0v) is 13.5. The lowest BCUT2D eigenvalue weighted by atomic mass is 9.87. The van der Waals surface area contributed by atoms with E-state index in [1.807, 2.05) is 4.90 Å². The van der Waals surface area contributed by atoms with Gasteiger partial charge in [0.1, 0.15) is 0 Å². The molecule has 0 aromatic carbocycles. The lowest BCUT2D eigenvalue weighted by Crippen LogP contribution is -2.46. The van der Waals surface area contributed by atoms with Gasteiger partial charge in [0, 0.05) is 51.4 Å². The van der Waals surface area contributed by atoms with Crippen molar-refractivity contribution in [3.63, 3.8) is 0 Å². The number of sulfone groups is 1. The van der Waals surface area contributed by atoms with Crippen LogP contribution in [-0.4, -0.2) is 67.4 Å². The normalized spacial score (nSPS) is 29.9. The van der Waals surface area contributed by atoms with Gasteiger partial charge in [0.25, 0.3) is 0 Å². The van der Waals surface area contributed by atoms with Crippen molar-refractivity contribution in [2.45, 2.75) is 11.7 Å². The summed E-state index contributed by atoms with van der Waals surface area (Å²) in [5.41, 5.74) is 0. The van der Waals surface area contributed by atoms with Crippen LogP contribution >= 0.6 is 0 Å². The molecular weight excluding hydrogens is 304 g/mol. The highest BCUT2D eigenvalue weighted by atomic mass is 32.2.